The van der Waals surface area contributed by atoms with Crippen LogP contribution in [0.25, 0.3) is 22.3 Å². The van der Waals surface area contributed by atoms with Crippen LogP contribution >= 0.6 is 0 Å². The van der Waals surface area contributed by atoms with Crippen molar-refractivity contribution in [1.29, 1.82) is 0 Å². The maximum absolute atomic E-state index is 14.9. The largest absolute Gasteiger partial charge is 0.452 e. The highest BCUT2D eigenvalue weighted by Gasteiger charge is 2.26. The SMILES string of the molecule is CC/C=C\C/C=C\C/C=C\CCCCCCCC(=O)Oc1cc(OC=O)c2c(=O)c(OC(=O)CCCCCCC/C=C\C/C=C\C/C=C\CC)c(-c3ccc(OC(=O)CCCCCCC/C=C\C/C=C\C/C=C\CC)c(OC(=O)CCCCCCC/C=C\C/C=C\C/C=C\CC)c3)oc2c1. The third-order valence-corrected chi connectivity index (χ3v) is 16.3. The molecule has 0 atom stereocenters. The molecule has 1 aromatic heterocycles. The van der Waals surface area contributed by atoms with Crippen molar-refractivity contribution in [3.05, 3.63) is 186 Å². The first-order valence-corrected chi connectivity index (χ1v) is 38.2. The fourth-order valence-corrected chi connectivity index (χ4v) is 10.8. The van der Waals surface area contributed by atoms with Gasteiger partial charge in [0.1, 0.15) is 22.5 Å². The van der Waals surface area contributed by atoms with E-state index in [0.29, 0.717) is 25.7 Å². The zero-order valence-corrected chi connectivity index (χ0v) is 61.5. The van der Waals surface area contributed by atoms with Crippen molar-refractivity contribution in [2.75, 3.05) is 0 Å². The molecule has 0 unspecified atom stereocenters. The maximum atomic E-state index is 14.9. The van der Waals surface area contributed by atoms with E-state index in [2.05, 4.69) is 174 Å². The zero-order chi connectivity index (χ0) is 71.8. The predicted octanol–water partition coefficient (Wildman–Crippen LogP) is 25.0. The predicted molar refractivity (Wildman–Crippen MR) is 414 cm³/mol. The summed E-state index contributed by atoms with van der Waals surface area (Å²) in [6.07, 6.45) is 86.1. The molecule has 12 heteroatoms. The van der Waals surface area contributed by atoms with E-state index in [1.54, 1.807) is 0 Å². The Morgan fingerprint density at radius 1 is 0.340 bits per heavy atom. The molecule has 100 heavy (non-hydrogen) atoms. The number of allylic oxidation sites excluding steroid dienone is 24. The Bertz CT molecular complexity index is 3190. The first kappa shape index (κ1) is 86.1. The molecule has 3 rings (SSSR count). The average molecular weight is 1370 g/mol. The van der Waals surface area contributed by atoms with Crippen LogP contribution in [0.2, 0.25) is 0 Å². The van der Waals surface area contributed by atoms with Crippen LogP contribution in [0.15, 0.2) is 185 Å². The summed E-state index contributed by atoms with van der Waals surface area (Å²) >= 11 is 0. The lowest BCUT2D eigenvalue weighted by atomic mass is 10.1. The van der Waals surface area contributed by atoms with E-state index >= 15 is 0 Å². The molecule has 1 heterocycles. The number of carbonyl (C=O) groups excluding carboxylic acids is 5. The average Bonchev–Trinajstić information content (AvgIpc) is 0.757. The number of unbranched alkanes of at least 4 members (excludes halogenated alkanes) is 20. The topological polar surface area (TPSA) is 162 Å². The van der Waals surface area contributed by atoms with Crippen LogP contribution in [0, 0.1) is 0 Å². The van der Waals surface area contributed by atoms with E-state index in [0.717, 1.165) is 205 Å². The highest BCUT2D eigenvalue weighted by atomic mass is 16.6. The Kier molecular flexibility index (Phi) is 52.4. The molecular weight excluding hydrogens is 1250 g/mol. The van der Waals surface area contributed by atoms with Crippen molar-refractivity contribution in [2.24, 2.45) is 0 Å². The lowest BCUT2D eigenvalue weighted by molar-refractivity contribution is -0.137. The van der Waals surface area contributed by atoms with Gasteiger partial charge >= 0.3 is 23.9 Å². The summed E-state index contributed by atoms with van der Waals surface area (Å²) in [5, 5.41) is -0.238. The molecule has 0 saturated heterocycles. The molecule has 3 aromatic rings. The normalized spacial score (nSPS) is 12.4. The minimum absolute atomic E-state index is 0.00621. The van der Waals surface area contributed by atoms with Crippen molar-refractivity contribution in [3.8, 4) is 40.1 Å². The molecule has 546 valence electrons. The van der Waals surface area contributed by atoms with Crippen LogP contribution < -0.4 is 29.1 Å². The van der Waals surface area contributed by atoms with Gasteiger partial charge in [0.05, 0.1) is 0 Å². The molecule has 0 amide bonds. The lowest BCUT2D eigenvalue weighted by Crippen LogP contribution is -2.17. The van der Waals surface area contributed by atoms with Gasteiger partial charge in [-0.05, 0) is 172 Å². The number of hydrogen-bond donors (Lipinski definition) is 0. The zero-order valence-electron chi connectivity index (χ0n) is 61.5. The van der Waals surface area contributed by atoms with Crippen molar-refractivity contribution in [2.45, 2.75) is 285 Å². The molecule has 2 aromatic carbocycles. The highest BCUT2D eigenvalue weighted by Crippen LogP contribution is 2.40. The smallest absolute Gasteiger partial charge is 0.311 e. The van der Waals surface area contributed by atoms with Crippen LogP contribution in [0.4, 0.5) is 0 Å². The highest BCUT2D eigenvalue weighted by molar-refractivity contribution is 5.91. The molecule has 0 aliphatic rings. The van der Waals surface area contributed by atoms with E-state index in [-0.39, 0.29) is 77.4 Å². The molecule has 0 fully saturated rings. The monoisotopic (exact) mass is 1370 g/mol. The summed E-state index contributed by atoms with van der Waals surface area (Å²) in [6.45, 7) is 8.67. The summed E-state index contributed by atoms with van der Waals surface area (Å²) in [5.74, 6) is -3.44. The Balaban J connectivity index is 1.87. The van der Waals surface area contributed by atoms with Gasteiger partial charge in [0, 0.05) is 43.4 Å². The van der Waals surface area contributed by atoms with Crippen molar-refractivity contribution >= 4 is 41.3 Å². The van der Waals surface area contributed by atoms with Crippen molar-refractivity contribution in [3.63, 3.8) is 0 Å². The standard InChI is InChI=1S/C88H122O12/c1-5-9-13-17-21-25-29-33-37-41-45-49-53-57-61-65-81(90)96-76-72-79(95-74-89)85-80(73-76)99-87(88(86(85)94)100-84(93)68-64-60-56-52-48-44-40-36-32-28-24-20-16-12-8-4)75-69-70-77(97-82(91)66-62-58-54-50-46-42-38-34-30-26-22-18-14-10-6-2)78(71-75)98-83(92)67-63-59-55-51-47-43-39-35-31-27-23-19-15-11-7-3/h9-16,21-28,33-40,69-74H,5-8,17-20,29-32,41-68H2,1-4H3/b13-9-,14-10-,15-11-,16-12-,25-21-,26-22-,27-23-,28-24-,37-33-,38-34-,39-35-,40-36-. The summed E-state index contributed by atoms with van der Waals surface area (Å²) < 4.78 is 35.6. The van der Waals surface area contributed by atoms with Crippen molar-refractivity contribution < 1.29 is 52.1 Å². The van der Waals surface area contributed by atoms with Crippen LogP contribution in [0.3, 0.4) is 0 Å². The second kappa shape index (κ2) is 60.8. The minimum atomic E-state index is -0.845. The number of fused-ring (bicyclic) bond motifs is 1. The molecule has 0 spiro atoms. The van der Waals surface area contributed by atoms with Gasteiger partial charge in [0.2, 0.25) is 11.2 Å². The molecule has 0 aliphatic carbocycles. The Hall–Kier alpha value is -8.12. The van der Waals surface area contributed by atoms with E-state index in [1.807, 2.05) is 0 Å². The molecule has 0 bridgehead atoms. The second-order valence-corrected chi connectivity index (χ2v) is 25.1. The van der Waals surface area contributed by atoms with Gasteiger partial charge in [-0.1, -0.05) is 251 Å². The first-order valence-electron chi connectivity index (χ1n) is 38.2. The summed E-state index contributed by atoms with van der Waals surface area (Å²) in [4.78, 5) is 81.5. The summed E-state index contributed by atoms with van der Waals surface area (Å²) in [6, 6.07) is 6.99. The molecule has 0 saturated carbocycles. The quantitative estimate of drug-likeness (QED) is 0.0173. The third-order valence-electron chi connectivity index (χ3n) is 16.3. The van der Waals surface area contributed by atoms with E-state index < -0.39 is 35.1 Å². The Morgan fingerprint density at radius 2 is 0.660 bits per heavy atom. The number of benzene rings is 2. The Morgan fingerprint density at radius 3 is 1.03 bits per heavy atom. The molecule has 12 nitrogen and oxygen atoms in total. The van der Waals surface area contributed by atoms with Gasteiger partial charge in [-0.2, -0.15) is 0 Å². The van der Waals surface area contributed by atoms with E-state index in [9.17, 15) is 28.8 Å². The fourth-order valence-electron chi connectivity index (χ4n) is 10.8. The summed E-state index contributed by atoms with van der Waals surface area (Å²) in [5.41, 5.74) is -0.855. The van der Waals surface area contributed by atoms with E-state index in [4.69, 9.17) is 28.1 Å². The number of esters is 4. The van der Waals surface area contributed by atoms with Crippen LogP contribution in [0.1, 0.15) is 285 Å². The van der Waals surface area contributed by atoms with Gasteiger partial charge < -0.3 is 28.1 Å². The van der Waals surface area contributed by atoms with E-state index in [1.165, 1.54) is 30.3 Å². The number of carbonyl (C=O) groups is 5. The second-order valence-electron chi connectivity index (χ2n) is 25.1. The van der Waals surface area contributed by atoms with Gasteiger partial charge in [-0.15, -0.1) is 0 Å². The van der Waals surface area contributed by atoms with Crippen LogP contribution in [0.5, 0.6) is 28.7 Å². The number of rotatable bonds is 59. The van der Waals surface area contributed by atoms with Crippen molar-refractivity contribution in [1.82, 2.24) is 0 Å². The summed E-state index contributed by atoms with van der Waals surface area (Å²) in [7, 11) is 0. The van der Waals surface area contributed by atoms with Gasteiger partial charge in [0.15, 0.2) is 17.3 Å². The maximum Gasteiger partial charge on any atom is 0.311 e. The minimum Gasteiger partial charge on any atom is -0.452 e. The number of ether oxygens (including phenoxy) is 5. The molecular formula is C88H122O12. The molecule has 0 N–H and O–H groups in total. The molecule has 0 radical (unpaired) electrons. The first-order chi connectivity index (χ1) is 49.1. The van der Waals surface area contributed by atoms with Gasteiger partial charge in [-0.25, -0.2) is 0 Å². The van der Waals surface area contributed by atoms with Crippen LogP contribution in [-0.2, 0) is 24.0 Å². The Labute approximate surface area is 601 Å². The third kappa shape index (κ3) is 43.4. The molecule has 0 aliphatic heterocycles. The number of hydrogen-bond acceptors (Lipinski definition) is 12. The van der Waals surface area contributed by atoms with Gasteiger partial charge in [-0.3, -0.25) is 28.8 Å². The fraction of sp³-hybridized carbons (Fsp3) is 0.500. The van der Waals surface area contributed by atoms with Crippen LogP contribution in [-0.4, -0.2) is 30.3 Å². The lowest BCUT2D eigenvalue weighted by Gasteiger charge is -2.15. The van der Waals surface area contributed by atoms with Gasteiger partial charge in [0.25, 0.3) is 6.47 Å².